The second-order valence-corrected chi connectivity index (χ2v) is 6.43. The van der Waals surface area contributed by atoms with Crippen molar-refractivity contribution in [2.75, 3.05) is 7.05 Å². The molecule has 1 N–H and O–H groups in total. The van der Waals surface area contributed by atoms with E-state index >= 15 is 0 Å². The normalized spacial score (nSPS) is 12.0. The molecule has 3 nitrogen and oxygen atoms in total. The van der Waals surface area contributed by atoms with Crippen LogP contribution in [0.1, 0.15) is 22.4 Å². The molecule has 0 aliphatic heterocycles. The number of rotatable bonds is 4. The molecule has 0 fully saturated rings. The van der Waals surface area contributed by atoms with E-state index in [2.05, 4.69) is 13.1 Å². The summed E-state index contributed by atoms with van der Waals surface area (Å²) in [6.07, 6.45) is 0. The summed E-state index contributed by atoms with van der Waals surface area (Å²) in [5.41, 5.74) is 3.84. The molecule has 0 aliphatic rings. The monoisotopic (exact) mass is 332 g/mol. The summed E-state index contributed by atoms with van der Waals surface area (Å²) >= 11 is 11.4. The van der Waals surface area contributed by atoms with E-state index in [9.17, 15) is 5.26 Å². The summed E-state index contributed by atoms with van der Waals surface area (Å²) < 4.78 is 2.65. The number of halogens is 1. The topological polar surface area (TPSA) is 33.2 Å². The molecule has 0 radical (unpaired) electrons. The van der Waals surface area contributed by atoms with Gasteiger partial charge in [0.25, 0.3) is 0 Å². The lowest BCUT2D eigenvalue weighted by Gasteiger charge is -2.19. The summed E-state index contributed by atoms with van der Waals surface area (Å²) in [6, 6.07) is 12.1. The van der Waals surface area contributed by atoms with Crippen LogP contribution >= 0.6 is 23.8 Å². The number of aryl methyl sites for hydroxylation is 2. The van der Waals surface area contributed by atoms with Crippen molar-refractivity contribution in [1.82, 2.24) is 4.57 Å². The van der Waals surface area contributed by atoms with Gasteiger partial charge in [-0.15, -0.1) is 0 Å². The van der Waals surface area contributed by atoms with Gasteiger partial charge in [0.05, 0.1) is 12.6 Å². The number of nitriles is 1. The van der Waals surface area contributed by atoms with E-state index in [1.54, 1.807) is 0 Å². The van der Waals surface area contributed by atoms with Crippen LogP contribution in [0, 0.1) is 29.8 Å². The van der Waals surface area contributed by atoms with Crippen LogP contribution in [0.2, 0.25) is 5.02 Å². The Morgan fingerprint density at radius 3 is 2.50 bits per heavy atom. The quantitative estimate of drug-likeness (QED) is 0.873. The lowest BCUT2D eigenvalue weighted by Crippen LogP contribution is -3.07. The van der Waals surface area contributed by atoms with Crippen LogP contribution in [-0.4, -0.2) is 11.6 Å². The second kappa shape index (κ2) is 7.06. The van der Waals surface area contributed by atoms with Gasteiger partial charge in [0, 0.05) is 16.3 Å². The first-order valence-electron chi connectivity index (χ1n) is 7.09. The van der Waals surface area contributed by atoms with Crippen molar-refractivity contribution in [3.05, 3.63) is 62.4 Å². The third-order valence-corrected chi connectivity index (χ3v) is 4.34. The van der Waals surface area contributed by atoms with Crippen LogP contribution in [0.5, 0.6) is 0 Å². The fourth-order valence-corrected chi connectivity index (χ4v) is 3.08. The molecule has 1 aromatic heterocycles. The molecular formula is C17H19ClN3S+. The average Bonchev–Trinajstić information content (AvgIpc) is 2.46. The highest BCUT2D eigenvalue weighted by Gasteiger charge is 2.11. The highest BCUT2D eigenvalue weighted by molar-refractivity contribution is 7.71. The van der Waals surface area contributed by atoms with Crippen molar-refractivity contribution in [1.29, 1.82) is 5.26 Å². The van der Waals surface area contributed by atoms with Gasteiger partial charge in [-0.05, 0) is 37.6 Å². The first-order valence-corrected chi connectivity index (χ1v) is 7.88. The summed E-state index contributed by atoms with van der Waals surface area (Å²) in [5.74, 6) is 0. The molecule has 1 unspecified atom stereocenters. The second-order valence-electron chi connectivity index (χ2n) is 5.61. The molecule has 0 amide bonds. The van der Waals surface area contributed by atoms with Gasteiger partial charge >= 0.3 is 0 Å². The molecule has 0 bridgehead atoms. The summed E-state index contributed by atoms with van der Waals surface area (Å²) in [7, 11) is 2.11. The largest absolute Gasteiger partial charge is 0.316 e. The first-order chi connectivity index (χ1) is 10.4. The minimum atomic E-state index is 0.597. The molecule has 1 heterocycles. The van der Waals surface area contributed by atoms with Crippen molar-refractivity contribution < 1.29 is 4.90 Å². The van der Waals surface area contributed by atoms with Gasteiger partial charge in [-0.2, -0.15) is 5.26 Å². The van der Waals surface area contributed by atoms with Gasteiger partial charge in [0.15, 0.2) is 6.67 Å². The SMILES string of the molecule is Cc1cc(C)n(C[NH+](C)Cc2ccc(Cl)cc2)c(=S)c1C#N. The van der Waals surface area contributed by atoms with E-state index in [-0.39, 0.29) is 0 Å². The van der Waals surface area contributed by atoms with Crippen molar-refractivity contribution in [2.24, 2.45) is 0 Å². The Balaban J connectivity index is 2.22. The van der Waals surface area contributed by atoms with E-state index in [0.717, 1.165) is 29.5 Å². The maximum absolute atomic E-state index is 9.26. The van der Waals surface area contributed by atoms with Crippen LogP contribution in [0.4, 0.5) is 0 Å². The maximum atomic E-state index is 9.26. The Hall–Kier alpha value is -1.67. The Bertz CT molecular complexity index is 772. The number of nitrogens with one attached hydrogen (secondary N) is 1. The zero-order chi connectivity index (χ0) is 16.3. The van der Waals surface area contributed by atoms with E-state index in [1.807, 2.05) is 48.7 Å². The number of aromatic nitrogens is 1. The number of nitrogens with zero attached hydrogens (tertiary/aromatic N) is 2. The predicted octanol–water partition coefficient (Wildman–Crippen LogP) is 3.03. The Morgan fingerprint density at radius 2 is 1.91 bits per heavy atom. The van der Waals surface area contributed by atoms with Crippen molar-refractivity contribution >= 4 is 23.8 Å². The van der Waals surface area contributed by atoms with E-state index in [1.165, 1.54) is 10.5 Å². The molecule has 114 valence electrons. The van der Waals surface area contributed by atoms with Gasteiger partial charge in [0.1, 0.15) is 17.3 Å². The van der Waals surface area contributed by atoms with Crippen molar-refractivity contribution in [2.45, 2.75) is 27.1 Å². The Morgan fingerprint density at radius 1 is 1.27 bits per heavy atom. The fraction of sp³-hybridized carbons (Fsp3) is 0.294. The lowest BCUT2D eigenvalue weighted by molar-refractivity contribution is -0.917. The lowest BCUT2D eigenvalue weighted by atomic mass is 10.1. The highest BCUT2D eigenvalue weighted by Crippen LogP contribution is 2.12. The van der Waals surface area contributed by atoms with Crippen LogP contribution in [0.15, 0.2) is 30.3 Å². The van der Waals surface area contributed by atoms with Gasteiger partial charge in [-0.1, -0.05) is 36.0 Å². The van der Waals surface area contributed by atoms with Crippen LogP contribution in [0.3, 0.4) is 0 Å². The maximum Gasteiger partial charge on any atom is 0.157 e. The number of pyridine rings is 1. The zero-order valence-corrected chi connectivity index (χ0v) is 14.6. The van der Waals surface area contributed by atoms with Crippen molar-refractivity contribution in [3.8, 4) is 6.07 Å². The van der Waals surface area contributed by atoms with Gasteiger partial charge in [-0.25, -0.2) is 0 Å². The Kier molecular flexibility index (Phi) is 5.36. The first kappa shape index (κ1) is 16.7. The molecule has 5 heteroatoms. The van der Waals surface area contributed by atoms with Gasteiger partial charge in [0.2, 0.25) is 0 Å². The van der Waals surface area contributed by atoms with Crippen LogP contribution < -0.4 is 4.90 Å². The van der Waals surface area contributed by atoms with Gasteiger partial charge < -0.3 is 4.90 Å². The van der Waals surface area contributed by atoms with E-state index in [4.69, 9.17) is 23.8 Å². The minimum absolute atomic E-state index is 0.597. The smallest absolute Gasteiger partial charge is 0.157 e. The third kappa shape index (κ3) is 3.75. The van der Waals surface area contributed by atoms with Crippen molar-refractivity contribution in [3.63, 3.8) is 0 Å². The minimum Gasteiger partial charge on any atom is -0.316 e. The summed E-state index contributed by atoms with van der Waals surface area (Å²) in [5, 5.41) is 10.0. The Labute approximate surface area is 141 Å². The number of benzene rings is 1. The van der Waals surface area contributed by atoms with Crippen LogP contribution in [-0.2, 0) is 13.2 Å². The summed E-state index contributed by atoms with van der Waals surface area (Å²) in [4.78, 5) is 1.29. The fourth-order valence-electron chi connectivity index (χ4n) is 2.54. The molecule has 2 aromatic rings. The number of hydrogen-bond donors (Lipinski definition) is 1. The highest BCUT2D eigenvalue weighted by atomic mass is 35.5. The molecule has 0 saturated carbocycles. The predicted molar refractivity (Wildman–Crippen MR) is 91.5 cm³/mol. The number of quaternary nitrogens is 1. The van der Waals surface area contributed by atoms with Crippen LogP contribution in [0.25, 0.3) is 0 Å². The van der Waals surface area contributed by atoms with E-state index in [0.29, 0.717) is 10.2 Å². The molecule has 2 rings (SSSR count). The standard InChI is InChI=1S/C17H18ClN3S/c1-12-8-13(2)21(17(22)16(12)9-19)11-20(3)10-14-4-6-15(18)7-5-14/h4-8H,10-11H2,1-3H3/p+1. The number of hydrogen-bond acceptors (Lipinski definition) is 2. The molecule has 0 saturated heterocycles. The molecule has 1 atom stereocenters. The molecule has 1 aromatic carbocycles. The van der Waals surface area contributed by atoms with Gasteiger partial charge in [-0.3, -0.25) is 4.57 Å². The zero-order valence-electron chi connectivity index (χ0n) is 13.0. The average molecular weight is 333 g/mol. The molecule has 0 aliphatic carbocycles. The molecular weight excluding hydrogens is 314 g/mol. The van der Waals surface area contributed by atoms with E-state index < -0.39 is 0 Å². The third-order valence-electron chi connectivity index (χ3n) is 3.66. The summed E-state index contributed by atoms with van der Waals surface area (Å²) in [6.45, 7) is 5.55. The molecule has 0 spiro atoms. The molecule has 22 heavy (non-hydrogen) atoms.